The Balaban J connectivity index is 1.73. The highest BCUT2D eigenvalue weighted by molar-refractivity contribution is 5.84. The normalized spacial score (nSPS) is 11.5. The average molecular weight is 306 g/mol. The Morgan fingerprint density at radius 1 is 1.09 bits per heavy atom. The van der Waals surface area contributed by atoms with Gasteiger partial charge in [0.15, 0.2) is 5.82 Å². The van der Waals surface area contributed by atoms with Gasteiger partial charge in [-0.1, -0.05) is 30.3 Å². The first-order valence-electron chi connectivity index (χ1n) is 6.95. The van der Waals surface area contributed by atoms with Crippen LogP contribution in [0.25, 0.3) is 16.7 Å². The van der Waals surface area contributed by atoms with Crippen molar-refractivity contribution in [3.8, 4) is 0 Å². The number of anilines is 1. The van der Waals surface area contributed by atoms with Crippen molar-refractivity contribution in [2.24, 2.45) is 5.10 Å². The number of fused-ring (bicyclic) bond motifs is 3. The summed E-state index contributed by atoms with van der Waals surface area (Å²) < 4.78 is 15.4. The van der Waals surface area contributed by atoms with Crippen LogP contribution in [0.5, 0.6) is 0 Å². The molecule has 4 rings (SSSR count). The second-order valence-corrected chi connectivity index (χ2v) is 4.87. The van der Waals surface area contributed by atoms with E-state index in [1.165, 1.54) is 12.3 Å². The quantitative estimate of drug-likeness (QED) is 0.467. The maximum Gasteiger partial charge on any atom is 0.205 e. The van der Waals surface area contributed by atoms with Crippen LogP contribution in [0.1, 0.15) is 5.56 Å². The Morgan fingerprint density at radius 2 is 1.91 bits per heavy atom. The molecule has 4 aromatic rings. The van der Waals surface area contributed by atoms with Gasteiger partial charge < -0.3 is 0 Å². The van der Waals surface area contributed by atoms with Crippen molar-refractivity contribution < 1.29 is 4.39 Å². The number of benzene rings is 2. The van der Waals surface area contributed by atoms with Crippen LogP contribution in [0.15, 0.2) is 60.0 Å². The third-order valence-corrected chi connectivity index (χ3v) is 3.41. The monoisotopic (exact) mass is 306 g/mol. The minimum Gasteiger partial charge on any atom is -0.277 e. The molecule has 0 saturated carbocycles. The molecule has 112 valence electrons. The van der Waals surface area contributed by atoms with Crippen molar-refractivity contribution in [2.75, 3.05) is 5.43 Å². The van der Waals surface area contributed by atoms with Gasteiger partial charge in [0, 0.05) is 5.56 Å². The van der Waals surface area contributed by atoms with E-state index in [0.29, 0.717) is 17.0 Å². The maximum absolute atomic E-state index is 13.6. The van der Waals surface area contributed by atoms with Crippen LogP contribution in [-0.2, 0) is 0 Å². The summed E-state index contributed by atoms with van der Waals surface area (Å²) in [5.41, 5.74) is 5.43. The number of para-hydroxylation sites is 2. The number of aromatic nitrogens is 4. The van der Waals surface area contributed by atoms with Gasteiger partial charge in [0.1, 0.15) is 12.1 Å². The summed E-state index contributed by atoms with van der Waals surface area (Å²) in [6.45, 7) is 0. The Morgan fingerprint density at radius 3 is 2.83 bits per heavy atom. The minimum absolute atomic E-state index is 0.336. The van der Waals surface area contributed by atoms with E-state index in [9.17, 15) is 4.39 Å². The number of hydrazone groups is 1. The molecule has 2 aromatic heterocycles. The Bertz CT molecular complexity index is 1020. The zero-order valence-electron chi connectivity index (χ0n) is 11.9. The molecule has 23 heavy (non-hydrogen) atoms. The second kappa shape index (κ2) is 5.45. The fourth-order valence-corrected chi connectivity index (χ4v) is 2.32. The van der Waals surface area contributed by atoms with E-state index >= 15 is 0 Å². The van der Waals surface area contributed by atoms with E-state index in [-0.39, 0.29) is 5.82 Å². The van der Waals surface area contributed by atoms with Crippen molar-refractivity contribution in [3.05, 3.63) is 66.2 Å². The first kappa shape index (κ1) is 13.3. The third kappa shape index (κ3) is 2.38. The molecule has 2 heterocycles. The highest BCUT2D eigenvalue weighted by atomic mass is 19.1. The second-order valence-electron chi connectivity index (χ2n) is 4.87. The highest BCUT2D eigenvalue weighted by Gasteiger charge is 2.09. The molecule has 0 saturated heterocycles. The van der Waals surface area contributed by atoms with E-state index < -0.39 is 0 Å². The van der Waals surface area contributed by atoms with Crippen molar-refractivity contribution in [1.82, 2.24) is 19.6 Å². The number of hydrogen-bond acceptors (Lipinski definition) is 5. The molecule has 0 spiro atoms. The Labute approximate surface area is 130 Å². The summed E-state index contributed by atoms with van der Waals surface area (Å²) in [7, 11) is 0. The molecule has 0 fully saturated rings. The molecular formula is C16H11FN6. The number of nitrogens with zero attached hydrogens (tertiary/aromatic N) is 5. The summed E-state index contributed by atoms with van der Waals surface area (Å²) in [5.74, 6) is 0.117. The summed E-state index contributed by atoms with van der Waals surface area (Å²) >= 11 is 0. The largest absolute Gasteiger partial charge is 0.277 e. The summed E-state index contributed by atoms with van der Waals surface area (Å²) in [6.07, 6.45) is 3.02. The smallest absolute Gasteiger partial charge is 0.205 e. The first-order valence-corrected chi connectivity index (χ1v) is 6.95. The molecule has 0 aliphatic rings. The zero-order valence-corrected chi connectivity index (χ0v) is 11.9. The molecule has 0 atom stereocenters. The molecule has 0 bridgehead atoms. The van der Waals surface area contributed by atoms with Crippen LogP contribution in [0.4, 0.5) is 10.2 Å². The van der Waals surface area contributed by atoms with Gasteiger partial charge in [-0.25, -0.2) is 9.37 Å². The molecule has 7 heteroatoms. The van der Waals surface area contributed by atoms with Crippen LogP contribution >= 0.6 is 0 Å². The zero-order chi connectivity index (χ0) is 15.6. The van der Waals surface area contributed by atoms with Gasteiger partial charge >= 0.3 is 0 Å². The van der Waals surface area contributed by atoms with E-state index in [0.717, 1.165) is 11.0 Å². The van der Waals surface area contributed by atoms with Crippen LogP contribution in [-0.4, -0.2) is 25.8 Å². The van der Waals surface area contributed by atoms with Crippen LogP contribution in [0.3, 0.4) is 0 Å². The van der Waals surface area contributed by atoms with E-state index in [1.54, 1.807) is 24.5 Å². The molecule has 6 nitrogen and oxygen atoms in total. The molecule has 0 aliphatic carbocycles. The first-order chi connectivity index (χ1) is 11.3. The predicted molar refractivity (Wildman–Crippen MR) is 85.9 cm³/mol. The highest BCUT2D eigenvalue weighted by Crippen LogP contribution is 2.19. The van der Waals surface area contributed by atoms with Crippen molar-refractivity contribution >= 4 is 28.7 Å². The van der Waals surface area contributed by atoms with Crippen LogP contribution < -0.4 is 5.43 Å². The standard InChI is InChI=1S/C16H11FN6/c17-12-6-2-1-5-11(12)9-18-21-15-16-22-19-10-23(16)14-8-4-3-7-13(14)20-15/h1-10H,(H,20,21)/b18-9-. The molecule has 0 unspecified atom stereocenters. The fraction of sp³-hybridized carbons (Fsp3) is 0. The number of rotatable bonds is 3. The lowest BCUT2D eigenvalue weighted by atomic mass is 10.2. The average Bonchev–Trinajstić information content (AvgIpc) is 3.07. The van der Waals surface area contributed by atoms with Gasteiger partial charge in [0.25, 0.3) is 0 Å². The minimum atomic E-state index is -0.336. The number of halogens is 1. The lowest BCUT2D eigenvalue weighted by molar-refractivity contribution is 0.626. The van der Waals surface area contributed by atoms with E-state index in [4.69, 9.17) is 0 Å². The van der Waals surface area contributed by atoms with Gasteiger partial charge in [-0.2, -0.15) is 5.10 Å². The van der Waals surface area contributed by atoms with Crippen LogP contribution in [0, 0.1) is 5.82 Å². The van der Waals surface area contributed by atoms with Crippen molar-refractivity contribution in [2.45, 2.75) is 0 Å². The van der Waals surface area contributed by atoms with Crippen molar-refractivity contribution in [3.63, 3.8) is 0 Å². The Hall–Kier alpha value is -3.35. The predicted octanol–water partition coefficient (Wildman–Crippen LogP) is 2.86. The SMILES string of the molecule is Fc1ccccc1/C=N\Nc1nc2ccccc2n2cnnc12. The fourth-order valence-electron chi connectivity index (χ4n) is 2.32. The van der Waals surface area contributed by atoms with E-state index in [1.807, 2.05) is 28.7 Å². The third-order valence-electron chi connectivity index (χ3n) is 3.41. The number of nitrogens with one attached hydrogen (secondary N) is 1. The molecule has 1 N–H and O–H groups in total. The summed E-state index contributed by atoms with van der Waals surface area (Å²) in [6, 6.07) is 14.0. The molecule has 0 radical (unpaired) electrons. The van der Waals surface area contributed by atoms with Crippen LogP contribution in [0.2, 0.25) is 0 Å². The molecule has 0 amide bonds. The molecule has 0 aliphatic heterocycles. The lowest BCUT2D eigenvalue weighted by Crippen LogP contribution is -2.00. The number of hydrogen-bond donors (Lipinski definition) is 1. The maximum atomic E-state index is 13.6. The summed E-state index contributed by atoms with van der Waals surface area (Å²) in [5, 5.41) is 12.0. The van der Waals surface area contributed by atoms with Gasteiger partial charge in [-0.15, -0.1) is 10.2 Å². The molecular weight excluding hydrogens is 295 g/mol. The van der Waals surface area contributed by atoms with E-state index in [2.05, 4.69) is 25.7 Å². The van der Waals surface area contributed by atoms with Gasteiger partial charge in [0.2, 0.25) is 5.65 Å². The lowest BCUT2D eigenvalue weighted by Gasteiger charge is -2.05. The topological polar surface area (TPSA) is 67.5 Å². The molecule has 2 aromatic carbocycles. The van der Waals surface area contributed by atoms with Gasteiger partial charge in [-0.3, -0.25) is 9.83 Å². The summed E-state index contributed by atoms with van der Waals surface area (Å²) in [4.78, 5) is 4.49. The Kier molecular flexibility index (Phi) is 3.16. The van der Waals surface area contributed by atoms with Gasteiger partial charge in [0.05, 0.1) is 17.2 Å². The van der Waals surface area contributed by atoms with Gasteiger partial charge in [-0.05, 0) is 18.2 Å². The van der Waals surface area contributed by atoms with Crippen molar-refractivity contribution in [1.29, 1.82) is 0 Å².